The molecule has 0 radical (unpaired) electrons. The van der Waals surface area contributed by atoms with Crippen LogP contribution in [0.15, 0.2) is 54.6 Å². The van der Waals surface area contributed by atoms with Crippen LogP contribution in [0.2, 0.25) is 0 Å². The lowest BCUT2D eigenvalue weighted by molar-refractivity contribution is -0.136. The Labute approximate surface area is 167 Å². The summed E-state index contributed by atoms with van der Waals surface area (Å²) in [6.07, 6.45) is 2.90. The fourth-order valence-electron chi connectivity index (χ4n) is 3.54. The Balaban J connectivity index is 1.57. The lowest BCUT2D eigenvalue weighted by Gasteiger charge is -2.24. The molecule has 0 aliphatic carbocycles. The molecule has 1 heterocycles. The van der Waals surface area contributed by atoms with E-state index in [2.05, 4.69) is 24.3 Å². The Kier molecular flexibility index (Phi) is 6.82. The number of rotatable bonds is 7. The molecule has 0 spiro atoms. The van der Waals surface area contributed by atoms with E-state index in [9.17, 15) is 9.59 Å². The topological polar surface area (TPSA) is 52.7 Å². The van der Waals surface area contributed by atoms with Gasteiger partial charge in [-0.05, 0) is 56.6 Å². The van der Waals surface area contributed by atoms with Crippen LogP contribution in [0, 0.1) is 0 Å². The average molecular weight is 380 g/mol. The number of carbonyl (C=O) groups excluding carboxylic acids is 2. The summed E-state index contributed by atoms with van der Waals surface area (Å²) in [6.45, 7) is 1.64. The molecule has 1 aliphatic rings. The summed E-state index contributed by atoms with van der Waals surface area (Å²) >= 11 is 0. The minimum atomic E-state index is -0.385. The minimum absolute atomic E-state index is 0.0166. The highest BCUT2D eigenvalue weighted by atomic mass is 16.2. The highest BCUT2D eigenvalue weighted by Crippen LogP contribution is 2.21. The number of hydrogen-bond acceptors (Lipinski definition) is 3. The molecular weight excluding hydrogens is 350 g/mol. The third-order valence-corrected chi connectivity index (χ3v) is 5.14. The SMILES string of the molecule is CN(C)CCc1ccc(NC(=O)C2CCCN2C(=O)Cc2ccccc2)cc1. The van der Waals surface area contributed by atoms with E-state index in [0.29, 0.717) is 19.4 Å². The van der Waals surface area contributed by atoms with Gasteiger partial charge < -0.3 is 15.1 Å². The van der Waals surface area contributed by atoms with Gasteiger partial charge in [-0.1, -0.05) is 42.5 Å². The molecular formula is C23H29N3O2. The number of nitrogens with one attached hydrogen (secondary N) is 1. The van der Waals surface area contributed by atoms with Crippen molar-refractivity contribution in [3.8, 4) is 0 Å². The summed E-state index contributed by atoms with van der Waals surface area (Å²) in [7, 11) is 4.11. The molecule has 5 heteroatoms. The Morgan fingerprint density at radius 3 is 2.43 bits per heavy atom. The number of carbonyl (C=O) groups is 2. The zero-order chi connectivity index (χ0) is 19.9. The van der Waals surface area contributed by atoms with Crippen molar-refractivity contribution in [2.45, 2.75) is 31.7 Å². The molecule has 1 unspecified atom stereocenters. The molecule has 0 bridgehead atoms. The van der Waals surface area contributed by atoms with Gasteiger partial charge in [-0.15, -0.1) is 0 Å². The molecule has 3 rings (SSSR count). The van der Waals surface area contributed by atoms with Gasteiger partial charge >= 0.3 is 0 Å². The summed E-state index contributed by atoms with van der Waals surface area (Å²) in [4.78, 5) is 29.3. The van der Waals surface area contributed by atoms with Gasteiger partial charge in [-0.3, -0.25) is 9.59 Å². The summed E-state index contributed by atoms with van der Waals surface area (Å²) in [5.74, 6) is -0.0807. The smallest absolute Gasteiger partial charge is 0.247 e. The minimum Gasteiger partial charge on any atom is -0.330 e. The molecule has 1 fully saturated rings. The van der Waals surface area contributed by atoms with E-state index in [1.165, 1.54) is 5.56 Å². The molecule has 2 amide bonds. The predicted octanol–water partition coefficient (Wildman–Crippen LogP) is 2.96. The molecule has 2 aromatic carbocycles. The second kappa shape index (κ2) is 9.51. The molecule has 148 valence electrons. The second-order valence-electron chi connectivity index (χ2n) is 7.65. The molecule has 0 aromatic heterocycles. The highest BCUT2D eigenvalue weighted by Gasteiger charge is 2.33. The van der Waals surface area contributed by atoms with Gasteiger partial charge in [-0.2, -0.15) is 0 Å². The summed E-state index contributed by atoms with van der Waals surface area (Å²) in [6, 6.07) is 17.3. The van der Waals surface area contributed by atoms with Crippen LogP contribution in [-0.2, 0) is 22.4 Å². The van der Waals surface area contributed by atoms with E-state index in [4.69, 9.17) is 0 Å². The van der Waals surface area contributed by atoms with Crippen molar-refractivity contribution in [3.63, 3.8) is 0 Å². The van der Waals surface area contributed by atoms with Crippen LogP contribution < -0.4 is 5.32 Å². The molecule has 1 atom stereocenters. The number of likely N-dealkylation sites (tertiary alicyclic amines) is 1. The lowest BCUT2D eigenvalue weighted by Crippen LogP contribution is -2.43. The molecule has 0 saturated carbocycles. The average Bonchev–Trinajstić information content (AvgIpc) is 3.18. The first-order chi connectivity index (χ1) is 13.5. The van der Waals surface area contributed by atoms with Crippen LogP contribution in [0.25, 0.3) is 0 Å². The molecule has 1 saturated heterocycles. The third kappa shape index (κ3) is 5.42. The first-order valence-corrected chi connectivity index (χ1v) is 9.91. The monoisotopic (exact) mass is 379 g/mol. The standard InChI is InChI=1S/C23H29N3O2/c1-25(2)16-14-18-10-12-20(13-11-18)24-23(28)21-9-6-15-26(21)22(27)17-19-7-4-3-5-8-19/h3-5,7-8,10-13,21H,6,9,14-17H2,1-2H3,(H,24,28). The molecule has 28 heavy (non-hydrogen) atoms. The molecule has 1 N–H and O–H groups in total. The summed E-state index contributed by atoms with van der Waals surface area (Å²) in [5.41, 5.74) is 3.00. The summed E-state index contributed by atoms with van der Waals surface area (Å²) in [5, 5.41) is 2.98. The summed E-state index contributed by atoms with van der Waals surface area (Å²) < 4.78 is 0. The van der Waals surface area contributed by atoms with Crippen LogP contribution in [0.4, 0.5) is 5.69 Å². The number of amides is 2. The van der Waals surface area contributed by atoms with Gasteiger partial charge in [0.15, 0.2) is 0 Å². The quantitative estimate of drug-likeness (QED) is 0.805. The van der Waals surface area contributed by atoms with Crippen LogP contribution in [0.5, 0.6) is 0 Å². The van der Waals surface area contributed by atoms with Crippen LogP contribution >= 0.6 is 0 Å². The van der Waals surface area contributed by atoms with E-state index >= 15 is 0 Å². The molecule has 5 nitrogen and oxygen atoms in total. The van der Waals surface area contributed by atoms with E-state index in [1.54, 1.807) is 4.90 Å². The van der Waals surface area contributed by atoms with E-state index in [-0.39, 0.29) is 17.9 Å². The first-order valence-electron chi connectivity index (χ1n) is 9.91. The van der Waals surface area contributed by atoms with Crippen molar-refractivity contribution in [3.05, 3.63) is 65.7 Å². The number of nitrogens with zero attached hydrogens (tertiary/aromatic N) is 2. The van der Waals surface area contributed by atoms with Crippen molar-refractivity contribution < 1.29 is 9.59 Å². The molecule has 1 aliphatic heterocycles. The highest BCUT2D eigenvalue weighted by molar-refractivity contribution is 5.97. The van der Waals surface area contributed by atoms with Crippen LogP contribution in [0.3, 0.4) is 0 Å². The van der Waals surface area contributed by atoms with Gasteiger partial charge in [0.25, 0.3) is 0 Å². The van der Waals surface area contributed by atoms with Crippen LogP contribution in [0.1, 0.15) is 24.0 Å². The molecule has 2 aromatic rings. The van der Waals surface area contributed by atoms with Gasteiger partial charge in [-0.25, -0.2) is 0 Å². The fourth-order valence-corrected chi connectivity index (χ4v) is 3.54. The van der Waals surface area contributed by atoms with Gasteiger partial charge in [0, 0.05) is 18.8 Å². The second-order valence-corrected chi connectivity index (χ2v) is 7.65. The van der Waals surface area contributed by atoms with Crippen molar-refractivity contribution in [1.82, 2.24) is 9.80 Å². The third-order valence-electron chi connectivity index (χ3n) is 5.14. The van der Waals surface area contributed by atoms with E-state index < -0.39 is 0 Å². The van der Waals surface area contributed by atoms with Crippen LogP contribution in [-0.4, -0.2) is 54.8 Å². The number of anilines is 1. The Morgan fingerprint density at radius 1 is 1.04 bits per heavy atom. The maximum atomic E-state index is 12.8. The number of likely N-dealkylation sites (N-methyl/N-ethyl adjacent to an activating group) is 1. The Morgan fingerprint density at radius 2 is 1.75 bits per heavy atom. The zero-order valence-corrected chi connectivity index (χ0v) is 16.7. The van der Waals surface area contributed by atoms with E-state index in [1.807, 2.05) is 54.6 Å². The van der Waals surface area contributed by atoms with Gasteiger partial charge in [0.1, 0.15) is 6.04 Å². The van der Waals surface area contributed by atoms with E-state index in [0.717, 1.165) is 30.6 Å². The van der Waals surface area contributed by atoms with Crippen molar-refractivity contribution >= 4 is 17.5 Å². The Bertz CT molecular complexity index is 787. The van der Waals surface area contributed by atoms with Crippen molar-refractivity contribution in [2.75, 3.05) is 32.5 Å². The first kappa shape index (κ1) is 20.1. The van der Waals surface area contributed by atoms with Crippen molar-refractivity contribution in [1.29, 1.82) is 0 Å². The van der Waals surface area contributed by atoms with Gasteiger partial charge in [0.05, 0.1) is 6.42 Å². The lowest BCUT2D eigenvalue weighted by atomic mass is 10.1. The maximum absolute atomic E-state index is 12.8. The van der Waals surface area contributed by atoms with Crippen molar-refractivity contribution in [2.24, 2.45) is 0 Å². The predicted molar refractivity (Wildman–Crippen MR) is 112 cm³/mol. The Hall–Kier alpha value is -2.66. The largest absolute Gasteiger partial charge is 0.330 e. The number of hydrogen-bond donors (Lipinski definition) is 1. The maximum Gasteiger partial charge on any atom is 0.247 e. The fraction of sp³-hybridized carbons (Fsp3) is 0.391. The van der Waals surface area contributed by atoms with Gasteiger partial charge in [0.2, 0.25) is 11.8 Å². The zero-order valence-electron chi connectivity index (χ0n) is 16.7. The number of benzene rings is 2. The normalized spacial score (nSPS) is 16.4.